The van der Waals surface area contributed by atoms with E-state index in [9.17, 15) is 34.5 Å². The molecule has 1 aliphatic heterocycles. The number of aliphatic carboxylic acids is 1. The highest BCUT2D eigenvalue weighted by Crippen LogP contribution is 2.26. The number of unbranched alkanes of at least 4 members (excludes halogenated alkanes) is 18. The van der Waals surface area contributed by atoms with Gasteiger partial charge in [0, 0.05) is 19.3 Å². The first-order chi connectivity index (χ1) is 36.6. The molecule has 1 rings (SSSR count). The van der Waals surface area contributed by atoms with E-state index in [4.69, 9.17) is 23.7 Å². The van der Waals surface area contributed by atoms with E-state index in [-0.39, 0.29) is 25.9 Å². The molecule has 0 radical (unpaired) electrons. The van der Waals surface area contributed by atoms with E-state index in [1.807, 2.05) is 24.3 Å². The number of rotatable bonds is 48. The smallest absolute Gasteiger partial charge is 0.335 e. The van der Waals surface area contributed by atoms with Crippen molar-refractivity contribution in [3.63, 3.8) is 0 Å². The largest absolute Gasteiger partial charge is 0.479 e. The first kappa shape index (κ1) is 68.7. The number of carboxylic acid groups (broad SMARTS) is 1. The standard InChI is InChI=1S/C63H102O12/c1-4-7-10-13-16-19-22-25-26-27-28-29-30-33-36-39-42-45-48-51-57(66)74-61-59(68)58(67)60(62(69)70)75-63(61)72-53-54(73-56(65)50-47-44-41-38-35-32-24-21-18-15-12-9-6-3)52-71-55(64)49-46-43-40-37-34-31-23-20-17-14-11-8-5-2/h8-9,11-12,17-18,20-21,31-32,34-35,40-41,43-44,54,58-61,63,67-68H,4-7,10,13-16,19,22-30,33,36-39,42,45-53H2,1-3H3,(H,69,70)/b11-8-,12-9-,20-17-,21-18-,34-31-,35-32-,43-40-,44-41-. The molecule has 12 heteroatoms. The van der Waals surface area contributed by atoms with E-state index in [1.165, 1.54) is 89.9 Å². The van der Waals surface area contributed by atoms with Crippen LogP contribution in [0.1, 0.15) is 226 Å². The Balaban J connectivity index is 2.72. The summed E-state index contributed by atoms with van der Waals surface area (Å²) in [5.41, 5.74) is 0. The molecule has 1 fully saturated rings. The molecule has 0 aliphatic carbocycles. The van der Waals surface area contributed by atoms with Crippen LogP contribution in [0.5, 0.6) is 0 Å². The van der Waals surface area contributed by atoms with Gasteiger partial charge in [-0.25, -0.2) is 4.79 Å². The highest BCUT2D eigenvalue weighted by molar-refractivity contribution is 5.74. The summed E-state index contributed by atoms with van der Waals surface area (Å²) < 4.78 is 28.2. The predicted molar refractivity (Wildman–Crippen MR) is 303 cm³/mol. The van der Waals surface area contributed by atoms with Crippen molar-refractivity contribution in [3.05, 3.63) is 97.2 Å². The summed E-state index contributed by atoms with van der Waals surface area (Å²) in [6, 6.07) is 0. The van der Waals surface area contributed by atoms with Gasteiger partial charge in [0.2, 0.25) is 0 Å². The lowest BCUT2D eigenvalue weighted by molar-refractivity contribution is -0.301. The van der Waals surface area contributed by atoms with Gasteiger partial charge in [0.15, 0.2) is 24.6 Å². The second-order valence-corrected chi connectivity index (χ2v) is 19.5. The van der Waals surface area contributed by atoms with Crippen LogP contribution >= 0.6 is 0 Å². The number of esters is 3. The lowest BCUT2D eigenvalue weighted by Crippen LogP contribution is -2.61. The molecular weight excluding hydrogens is 949 g/mol. The maximum absolute atomic E-state index is 13.1. The van der Waals surface area contributed by atoms with Crippen LogP contribution in [0.15, 0.2) is 97.2 Å². The Morgan fingerprint density at radius 2 is 0.840 bits per heavy atom. The second-order valence-electron chi connectivity index (χ2n) is 19.5. The average Bonchev–Trinajstić information content (AvgIpc) is 3.39. The SMILES string of the molecule is CC/C=C\C/C=C\C/C=C\C/C=C\CCC(=O)OCC(COC1OC(C(=O)O)C(O)C(O)C1OC(=O)CCCCCCCCCCCCCCCCCCCCC)OC(=O)CC/C=C\C/C=C\C/C=C\C/C=C\CC. The molecule has 0 spiro atoms. The third-order valence-electron chi connectivity index (χ3n) is 12.7. The van der Waals surface area contributed by atoms with Crippen LogP contribution in [0.3, 0.4) is 0 Å². The summed E-state index contributed by atoms with van der Waals surface area (Å²) in [5.74, 6) is -3.34. The van der Waals surface area contributed by atoms with Crippen molar-refractivity contribution in [2.24, 2.45) is 0 Å². The van der Waals surface area contributed by atoms with Crippen LogP contribution in [-0.4, -0.2) is 89.2 Å². The van der Waals surface area contributed by atoms with E-state index >= 15 is 0 Å². The molecule has 1 aliphatic rings. The van der Waals surface area contributed by atoms with Crippen molar-refractivity contribution in [2.45, 2.75) is 263 Å². The Bertz CT molecular complexity index is 1670. The fourth-order valence-electron chi connectivity index (χ4n) is 8.28. The molecule has 6 atom stereocenters. The van der Waals surface area contributed by atoms with Gasteiger partial charge in [-0.2, -0.15) is 0 Å². The molecular formula is C63H102O12. The van der Waals surface area contributed by atoms with Gasteiger partial charge in [-0.1, -0.05) is 234 Å². The minimum Gasteiger partial charge on any atom is -0.479 e. The summed E-state index contributed by atoms with van der Waals surface area (Å²) in [6.07, 6.45) is 54.2. The molecule has 12 nitrogen and oxygen atoms in total. The fourth-order valence-corrected chi connectivity index (χ4v) is 8.28. The molecule has 75 heavy (non-hydrogen) atoms. The fraction of sp³-hybridized carbons (Fsp3) is 0.683. The van der Waals surface area contributed by atoms with Crippen LogP contribution in [0.4, 0.5) is 0 Å². The van der Waals surface area contributed by atoms with Gasteiger partial charge < -0.3 is 39.0 Å². The Kier molecular flexibility index (Phi) is 46.2. The van der Waals surface area contributed by atoms with Crippen molar-refractivity contribution < 1.29 is 58.2 Å². The van der Waals surface area contributed by atoms with Crippen molar-refractivity contribution in [2.75, 3.05) is 13.2 Å². The third-order valence-corrected chi connectivity index (χ3v) is 12.7. The van der Waals surface area contributed by atoms with Gasteiger partial charge in [-0.3, -0.25) is 14.4 Å². The summed E-state index contributed by atoms with van der Waals surface area (Å²) >= 11 is 0. The molecule has 0 aromatic carbocycles. The minimum atomic E-state index is -1.92. The van der Waals surface area contributed by atoms with Gasteiger partial charge >= 0.3 is 23.9 Å². The highest BCUT2D eigenvalue weighted by atomic mass is 16.7. The van der Waals surface area contributed by atoms with Crippen molar-refractivity contribution in [1.82, 2.24) is 0 Å². The lowest BCUT2D eigenvalue weighted by Gasteiger charge is -2.40. The molecule has 0 bridgehead atoms. The maximum Gasteiger partial charge on any atom is 0.335 e. The molecule has 3 N–H and O–H groups in total. The zero-order valence-corrected chi connectivity index (χ0v) is 46.8. The Labute approximate surface area is 453 Å². The summed E-state index contributed by atoms with van der Waals surface area (Å²) in [4.78, 5) is 51.0. The van der Waals surface area contributed by atoms with E-state index in [1.54, 1.807) is 0 Å². The number of carboxylic acids is 1. The van der Waals surface area contributed by atoms with Gasteiger partial charge in [0.25, 0.3) is 0 Å². The molecule has 6 unspecified atom stereocenters. The quantitative estimate of drug-likeness (QED) is 0.0228. The summed E-state index contributed by atoms with van der Waals surface area (Å²) in [6.45, 7) is 5.63. The molecule has 1 saturated heterocycles. The molecule has 1 heterocycles. The highest BCUT2D eigenvalue weighted by Gasteiger charge is 2.50. The van der Waals surface area contributed by atoms with Gasteiger partial charge in [0.1, 0.15) is 18.8 Å². The van der Waals surface area contributed by atoms with E-state index in [2.05, 4.69) is 93.7 Å². The van der Waals surface area contributed by atoms with Crippen LogP contribution in [0.25, 0.3) is 0 Å². The van der Waals surface area contributed by atoms with E-state index < -0.39 is 67.3 Å². The Hall–Kier alpha value is -4.36. The number of hydrogen-bond acceptors (Lipinski definition) is 11. The summed E-state index contributed by atoms with van der Waals surface area (Å²) in [5, 5.41) is 31.5. The number of hydrogen-bond donors (Lipinski definition) is 3. The van der Waals surface area contributed by atoms with E-state index in [0.717, 1.165) is 70.6 Å². The number of aliphatic hydroxyl groups is 2. The molecule has 426 valence electrons. The number of carbonyl (C=O) groups is 4. The van der Waals surface area contributed by atoms with Crippen LogP contribution < -0.4 is 0 Å². The number of allylic oxidation sites excluding steroid dienone is 16. The van der Waals surface area contributed by atoms with Crippen LogP contribution in [0.2, 0.25) is 0 Å². The van der Waals surface area contributed by atoms with Gasteiger partial charge in [0.05, 0.1) is 6.61 Å². The average molecular weight is 1050 g/mol. The zero-order valence-electron chi connectivity index (χ0n) is 46.8. The third kappa shape index (κ3) is 40.6. The Morgan fingerprint density at radius 1 is 0.453 bits per heavy atom. The Morgan fingerprint density at radius 3 is 1.25 bits per heavy atom. The maximum atomic E-state index is 13.1. The first-order valence-corrected chi connectivity index (χ1v) is 29.2. The predicted octanol–water partition coefficient (Wildman–Crippen LogP) is 14.9. The molecule has 0 aromatic heterocycles. The van der Waals surface area contributed by atoms with Crippen LogP contribution in [0, 0.1) is 0 Å². The van der Waals surface area contributed by atoms with Crippen molar-refractivity contribution in [1.29, 1.82) is 0 Å². The normalized spacial score (nSPS) is 18.9. The number of aliphatic hydroxyl groups excluding tert-OH is 2. The topological polar surface area (TPSA) is 175 Å². The van der Waals surface area contributed by atoms with E-state index in [0.29, 0.717) is 25.7 Å². The first-order valence-electron chi connectivity index (χ1n) is 29.2. The van der Waals surface area contributed by atoms with Crippen molar-refractivity contribution >= 4 is 23.9 Å². The van der Waals surface area contributed by atoms with Gasteiger partial charge in [-0.15, -0.1) is 0 Å². The molecule has 0 aromatic rings. The zero-order chi connectivity index (χ0) is 54.7. The number of carbonyl (C=O) groups excluding carboxylic acids is 3. The monoisotopic (exact) mass is 1050 g/mol. The van der Waals surface area contributed by atoms with Crippen molar-refractivity contribution in [3.8, 4) is 0 Å². The molecule has 0 saturated carbocycles. The van der Waals surface area contributed by atoms with Crippen LogP contribution in [-0.2, 0) is 42.9 Å². The minimum absolute atomic E-state index is 0.0240. The van der Waals surface area contributed by atoms with Gasteiger partial charge in [-0.05, 0) is 70.6 Å². The molecule has 0 amide bonds. The number of ether oxygens (including phenoxy) is 5. The lowest BCUT2D eigenvalue weighted by atomic mass is 9.98. The second kappa shape index (κ2) is 50.5. The summed E-state index contributed by atoms with van der Waals surface area (Å²) in [7, 11) is 0.